The smallest absolute Gasteiger partial charge is 0.239 e. The van der Waals surface area contributed by atoms with Gasteiger partial charge >= 0.3 is 0 Å². The van der Waals surface area contributed by atoms with Crippen molar-refractivity contribution in [3.8, 4) is 11.5 Å². The van der Waals surface area contributed by atoms with Crippen LogP contribution in [0.25, 0.3) is 0 Å². The average Bonchev–Trinajstić information content (AvgIpc) is 3.06. The lowest BCUT2D eigenvalue weighted by molar-refractivity contribution is -0.274. The first-order valence-corrected chi connectivity index (χ1v) is 18.5. The summed E-state index contributed by atoms with van der Waals surface area (Å²) >= 11 is 0. The lowest BCUT2D eigenvalue weighted by Crippen LogP contribution is -2.65. The van der Waals surface area contributed by atoms with Gasteiger partial charge in [-0.15, -0.1) is 0 Å². The van der Waals surface area contributed by atoms with E-state index in [0.717, 1.165) is 74.7 Å². The number of rotatable bonds is 2. The van der Waals surface area contributed by atoms with Crippen molar-refractivity contribution >= 4 is 5.78 Å². The Morgan fingerprint density at radius 1 is 0.826 bits per heavy atom. The third-order valence-corrected chi connectivity index (χ3v) is 14.3. The Kier molecular flexibility index (Phi) is 6.57. The summed E-state index contributed by atoms with van der Waals surface area (Å²) in [6.45, 7) is 17.8. The number of aliphatic hydroxyl groups is 2. The van der Waals surface area contributed by atoms with Gasteiger partial charge in [-0.05, 0) is 97.9 Å². The Balaban J connectivity index is 1.35. The summed E-state index contributed by atoms with van der Waals surface area (Å²) in [4.78, 5) is 14.6. The molecule has 6 nitrogen and oxygen atoms in total. The third kappa shape index (κ3) is 3.96. The third-order valence-electron chi connectivity index (χ3n) is 14.3. The van der Waals surface area contributed by atoms with Crippen LogP contribution in [0.5, 0.6) is 11.5 Å². The number of fused-ring (bicyclic) bond motifs is 4. The van der Waals surface area contributed by atoms with E-state index >= 15 is 0 Å². The molecule has 1 unspecified atom stereocenters. The minimum Gasteiger partial charge on any atom is -0.475 e. The molecule has 2 aliphatic heterocycles. The van der Waals surface area contributed by atoms with Gasteiger partial charge in [0.2, 0.25) is 11.6 Å². The number of hydrogen-bond acceptors (Lipinski definition) is 6. The highest BCUT2D eigenvalue weighted by Crippen LogP contribution is 2.68. The second-order valence-electron chi connectivity index (χ2n) is 18.5. The summed E-state index contributed by atoms with van der Waals surface area (Å²) in [6.07, 6.45) is 10.4. The van der Waals surface area contributed by atoms with Gasteiger partial charge in [0.1, 0.15) is 0 Å². The largest absolute Gasteiger partial charge is 0.475 e. The second-order valence-corrected chi connectivity index (χ2v) is 18.5. The molecular weight excluding hydrogens is 576 g/mol. The van der Waals surface area contributed by atoms with E-state index in [0.29, 0.717) is 36.3 Å². The van der Waals surface area contributed by atoms with E-state index in [-0.39, 0.29) is 40.3 Å². The molecule has 1 aromatic carbocycles. The standard InChI is InChI=1S/C40H56O6/c1-22(2)25-19-24-11-12-27-35(5,6)14-9-16-37(27,42)20-26(24)31-32(25)45-39-18-13-28-36(7,8)15-10-17-38(28)21-29(39)40(43,46-38)33(41)30(23(3)4)34(39)44-31/h19,22-23,27-29,42-43H,9-18,20-21H2,1-8H3/t27-,28-,29?,37-,38-,39-,40+/m0/s1. The summed E-state index contributed by atoms with van der Waals surface area (Å²) in [5, 5.41) is 24.9. The van der Waals surface area contributed by atoms with Crippen LogP contribution in [-0.4, -0.2) is 38.6 Å². The Morgan fingerprint density at radius 2 is 1.52 bits per heavy atom. The zero-order valence-electron chi connectivity index (χ0n) is 29.5. The summed E-state index contributed by atoms with van der Waals surface area (Å²) < 4.78 is 21.7. The van der Waals surface area contributed by atoms with E-state index < -0.39 is 28.5 Å². The number of Topliss-reactive ketones (excluding diaryl/α,β-unsaturated/α-hetero) is 1. The first kappa shape index (κ1) is 31.4. The van der Waals surface area contributed by atoms with Gasteiger partial charge in [0, 0.05) is 23.1 Å². The SMILES string of the molecule is CC(C)C1=C2Oc3c4c(cc(C(C)C)c3O[C@]23CC[C@H]2C(C)(C)CCC[C@]25CC3[C@@](O)(O5)C1=O)CC[C@H]1C(C)(C)CCC[C@]1(O)C4. The van der Waals surface area contributed by atoms with Crippen molar-refractivity contribution in [3.63, 3.8) is 0 Å². The van der Waals surface area contributed by atoms with Crippen LogP contribution in [0.4, 0.5) is 0 Å². The van der Waals surface area contributed by atoms with Crippen LogP contribution in [0.2, 0.25) is 0 Å². The molecule has 2 bridgehead atoms. The van der Waals surface area contributed by atoms with Crippen LogP contribution in [-0.2, 0) is 22.4 Å². The van der Waals surface area contributed by atoms with Crippen molar-refractivity contribution in [3.05, 3.63) is 34.1 Å². The van der Waals surface area contributed by atoms with Crippen LogP contribution in [0.3, 0.4) is 0 Å². The molecule has 46 heavy (non-hydrogen) atoms. The number of carbonyl (C=O) groups excluding carboxylic acids is 1. The molecule has 2 spiro atoms. The van der Waals surface area contributed by atoms with Gasteiger partial charge in [-0.25, -0.2) is 0 Å². The van der Waals surface area contributed by atoms with Gasteiger partial charge in [0.15, 0.2) is 22.9 Å². The van der Waals surface area contributed by atoms with Crippen molar-refractivity contribution < 1.29 is 29.2 Å². The normalized spacial score (nSPS) is 41.7. The molecule has 0 amide bonds. The molecule has 8 rings (SSSR count). The maximum Gasteiger partial charge on any atom is 0.239 e. The van der Waals surface area contributed by atoms with E-state index in [9.17, 15) is 15.0 Å². The summed E-state index contributed by atoms with van der Waals surface area (Å²) in [6, 6.07) is 2.33. The molecule has 7 atom stereocenters. The maximum atomic E-state index is 14.6. The fourth-order valence-corrected chi connectivity index (χ4v) is 12.2. The van der Waals surface area contributed by atoms with Crippen molar-refractivity contribution in [2.75, 3.05) is 0 Å². The zero-order valence-corrected chi connectivity index (χ0v) is 29.5. The Morgan fingerprint density at radius 3 is 2.22 bits per heavy atom. The molecule has 4 fully saturated rings. The first-order chi connectivity index (χ1) is 21.5. The number of ketones is 1. The van der Waals surface area contributed by atoms with Gasteiger partial charge < -0.3 is 24.4 Å². The van der Waals surface area contributed by atoms with E-state index in [1.807, 2.05) is 13.8 Å². The fourth-order valence-electron chi connectivity index (χ4n) is 12.2. The quantitative estimate of drug-likeness (QED) is 0.344. The summed E-state index contributed by atoms with van der Waals surface area (Å²) in [5.74, 6) is -0.369. The van der Waals surface area contributed by atoms with E-state index in [1.165, 1.54) is 5.56 Å². The van der Waals surface area contributed by atoms with Crippen LogP contribution < -0.4 is 9.47 Å². The predicted octanol–water partition coefficient (Wildman–Crippen LogP) is 7.94. The highest BCUT2D eigenvalue weighted by atomic mass is 16.7. The molecule has 252 valence electrons. The molecule has 0 aromatic heterocycles. The topological polar surface area (TPSA) is 85.2 Å². The lowest BCUT2D eigenvalue weighted by atomic mass is 9.59. The molecule has 6 heteroatoms. The molecule has 2 N–H and O–H groups in total. The number of ether oxygens (including phenoxy) is 3. The molecule has 0 radical (unpaired) electrons. The molecule has 2 heterocycles. The number of benzene rings is 1. The van der Waals surface area contributed by atoms with E-state index in [4.69, 9.17) is 14.2 Å². The number of hydrogen-bond donors (Lipinski definition) is 2. The zero-order chi connectivity index (χ0) is 32.8. The molecule has 1 saturated heterocycles. The van der Waals surface area contributed by atoms with Crippen molar-refractivity contribution in [1.29, 1.82) is 0 Å². The van der Waals surface area contributed by atoms with E-state index in [2.05, 4.69) is 47.6 Å². The monoisotopic (exact) mass is 632 g/mol. The van der Waals surface area contributed by atoms with Crippen LogP contribution in [0.15, 0.2) is 17.4 Å². The minimum atomic E-state index is -1.93. The minimum absolute atomic E-state index is 0.0280. The highest BCUT2D eigenvalue weighted by molar-refractivity contribution is 6.04. The summed E-state index contributed by atoms with van der Waals surface area (Å²) in [5.41, 5.74) is 1.62. The second kappa shape index (κ2) is 9.63. The molecule has 7 aliphatic rings. The van der Waals surface area contributed by atoms with Gasteiger partial charge in [-0.3, -0.25) is 4.79 Å². The van der Waals surface area contributed by atoms with E-state index in [1.54, 1.807) is 0 Å². The average molecular weight is 633 g/mol. The first-order valence-electron chi connectivity index (χ1n) is 18.5. The van der Waals surface area contributed by atoms with Crippen molar-refractivity contribution in [1.82, 2.24) is 0 Å². The van der Waals surface area contributed by atoms with Crippen LogP contribution in [0, 0.1) is 34.5 Å². The number of aryl methyl sites for hydroxylation is 1. The Bertz CT molecular complexity index is 1530. The number of carbonyl (C=O) groups is 1. The van der Waals surface area contributed by atoms with Gasteiger partial charge in [0.25, 0.3) is 0 Å². The molecular formula is C40H56O6. The molecule has 5 aliphatic carbocycles. The van der Waals surface area contributed by atoms with Gasteiger partial charge in [-0.2, -0.15) is 0 Å². The Labute approximate surface area is 275 Å². The summed E-state index contributed by atoms with van der Waals surface area (Å²) in [7, 11) is 0. The van der Waals surface area contributed by atoms with Gasteiger partial charge in [0.05, 0.1) is 17.1 Å². The Hall–Kier alpha value is -1.89. The van der Waals surface area contributed by atoms with Crippen LogP contribution >= 0.6 is 0 Å². The lowest BCUT2D eigenvalue weighted by Gasteiger charge is -2.54. The predicted molar refractivity (Wildman–Crippen MR) is 177 cm³/mol. The molecule has 3 saturated carbocycles. The van der Waals surface area contributed by atoms with Crippen molar-refractivity contribution in [2.24, 2.45) is 34.5 Å². The highest BCUT2D eigenvalue weighted by Gasteiger charge is 2.76. The van der Waals surface area contributed by atoms with Crippen molar-refractivity contribution in [2.45, 2.75) is 161 Å². The maximum absolute atomic E-state index is 14.6. The van der Waals surface area contributed by atoms with Gasteiger partial charge in [-0.1, -0.05) is 74.3 Å². The fraction of sp³-hybridized carbons (Fsp3) is 0.775. The van der Waals surface area contributed by atoms with Crippen LogP contribution in [0.1, 0.15) is 142 Å². The molecule has 1 aromatic rings.